The molecular formula is C26H32Cl2O2. The molecule has 4 heteroatoms. The monoisotopic (exact) mass is 446 g/mol. The Balaban J connectivity index is 1.48. The Hall–Kier alpha value is -0.800. The van der Waals surface area contributed by atoms with Gasteiger partial charge in [-0.05, 0) is 91.4 Å². The van der Waals surface area contributed by atoms with Crippen molar-refractivity contribution in [2.75, 3.05) is 0 Å². The Kier molecular flexibility index (Phi) is 5.18. The summed E-state index contributed by atoms with van der Waals surface area (Å²) in [7, 11) is 0. The maximum Gasteiger partial charge on any atom is 0.0809 e. The second-order valence-corrected chi connectivity index (χ2v) is 11.5. The van der Waals surface area contributed by atoms with Gasteiger partial charge < -0.3 is 10.2 Å². The quantitative estimate of drug-likeness (QED) is 0.472. The highest BCUT2D eigenvalue weighted by Gasteiger charge is 2.59. The zero-order valence-electron chi connectivity index (χ0n) is 17.9. The van der Waals surface area contributed by atoms with Crippen LogP contribution >= 0.6 is 23.2 Å². The number of allylic oxidation sites excluding steroid dienone is 1. The molecule has 4 aliphatic rings. The molecule has 4 aliphatic carbocycles. The Morgan fingerprint density at radius 1 is 1.03 bits per heavy atom. The van der Waals surface area contributed by atoms with Crippen LogP contribution in [0.5, 0.6) is 0 Å². The van der Waals surface area contributed by atoms with E-state index in [-0.39, 0.29) is 16.9 Å². The largest absolute Gasteiger partial charge is 0.393 e. The maximum atomic E-state index is 11.4. The van der Waals surface area contributed by atoms with Crippen molar-refractivity contribution in [3.63, 3.8) is 0 Å². The molecule has 0 aliphatic heterocycles. The van der Waals surface area contributed by atoms with Crippen LogP contribution < -0.4 is 0 Å². The lowest BCUT2D eigenvalue weighted by molar-refractivity contribution is -0.0685. The van der Waals surface area contributed by atoms with Gasteiger partial charge in [-0.25, -0.2) is 0 Å². The van der Waals surface area contributed by atoms with Gasteiger partial charge in [-0.15, -0.1) is 0 Å². The molecule has 0 radical (unpaired) electrons. The van der Waals surface area contributed by atoms with Crippen molar-refractivity contribution < 1.29 is 10.2 Å². The average Bonchev–Trinajstić information content (AvgIpc) is 2.95. The zero-order chi connectivity index (χ0) is 21.3. The number of halogens is 2. The number of fused-ring (bicyclic) bond motifs is 5. The van der Waals surface area contributed by atoms with Gasteiger partial charge in [0.1, 0.15) is 0 Å². The molecule has 2 nitrogen and oxygen atoms in total. The zero-order valence-corrected chi connectivity index (χ0v) is 19.4. The smallest absolute Gasteiger partial charge is 0.0809 e. The predicted molar refractivity (Wildman–Crippen MR) is 124 cm³/mol. The van der Waals surface area contributed by atoms with Gasteiger partial charge in [0.2, 0.25) is 0 Å². The first-order valence-electron chi connectivity index (χ1n) is 11.4. The van der Waals surface area contributed by atoms with Crippen LogP contribution in [0.1, 0.15) is 64.4 Å². The number of rotatable bonds is 1. The molecule has 162 valence electrons. The molecule has 0 saturated heterocycles. The molecule has 1 aromatic rings. The summed E-state index contributed by atoms with van der Waals surface area (Å²) in [5, 5.41) is 22.9. The summed E-state index contributed by atoms with van der Waals surface area (Å²) < 4.78 is 0. The standard InChI is InChI=1S/C26H32Cl2O2/c1-25-9-7-19(29)13-17(25)4-6-20-21(25)8-10-26(2)22(20)12-16(24(26)30)11-15-3-5-18(27)14-23(15)28/h3-5,11,14,19-22,24,29-30H,6-10,12-13H2,1-2H3/b16-11+. The molecule has 3 saturated carbocycles. The minimum Gasteiger partial charge on any atom is -0.393 e. The molecular weight excluding hydrogens is 415 g/mol. The molecule has 5 rings (SSSR count). The summed E-state index contributed by atoms with van der Waals surface area (Å²) in [5.74, 6) is 1.76. The Morgan fingerprint density at radius 3 is 2.60 bits per heavy atom. The van der Waals surface area contributed by atoms with E-state index in [1.54, 1.807) is 6.07 Å². The molecule has 7 unspecified atom stereocenters. The summed E-state index contributed by atoms with van der Waals surface area (Å²) in [6, 6.07) is 5.58. The summed E-state index contributed by atoms with van der Waals surface area (Å²) >= 11 is 12.5. The molecule has 0 spiro atoms. The topological polar surface area (TPSA) is 40.5 Å². The van der Waals surface area contributed by atoms with Gasteiger partial charge in [0.25, 0.3) is 0 Å². The van der Waals surface area contributed by atoms with Crippen LogP contribution in [0.4, 0.5) is 0 Å². The van der Waals surface area contributed by atoms with Gasteiger partial charge >= 0.3 is 0 Å². The van der Waals surface area contributed by atoms with E-state index in [1.165, 1.54) is 12.0 Å². The van der Waals surface area contributed by atoms with Gasteiger partial charge in [-0.3, -0.25) is 0 Å². The number of aliphatic hydroxyl groups is 2. The van der Waals surface area contributed by atoms with Gasteiger partial charge in [-0.1, -0.05) is 60.8 Å². The fourth-order valence-corrected chi connectivity index (χ4v) is 7.92. The van der Waals surface area contributed by atoms with Crippen LogP contribution in [0.25, 0.3) is 6.08 Å². The van der Waals surface area contributed by atoms with Gasteiger partial charge in [0, 0.05) is 15.5 Å². The molecule has 2 N–H and O–H groups in total. The summed E-state index contributed by atoms with van der Waals surface area (Å²) in [6.07, 6.45) is 11.1. The van der Waals surface area contributed by atoms with E-state index in [0.29, 0.717) is 27.8 Å². The molecule has 0 amide bonds. The van der Waals surface area contributed by atoms with Crippen molar-refractivity contribution in [1.29, 1.82) is 0 Å². The molecule has 1 aromatic carbocycles. The predicted octanol–water partition coefficient (Wildman–Crippen LogP) is 6.67. The number of aliphatic hydroxyl groups excluding tert-OH is 2. The highest BCUT2D eigenvalue weighted by molar-refractivity contribution is 6.35. The van der Waals surface area contributed by atoms with Crippen LogP contribution in [-0.4, -0.2) is 22.4 Å². The van der Waals surface area contributed by atoms with Crippen molar-refractivity contribution in [3.05, 3.63) is 51.0 Å². The first-order chi connectivity index (χ1) is 14.2. The van der Waals surface area contributed by atoms with E-state index in [9.17, 15) is 10.2 Å². The summed E-state index contributed by atoms with van der Waals surface area (Å²) in [6.45, 7) is 4.74. The van der Waals surface area contributed by atoms with Crippen LogP contribution in [-0.2, 0) is 0 Å². The van der Waals surface area contributed by atoms with Crippen LogP contribution in [0, 0.1) is 28.6 Å². The van der Waals surface area contributed by atoms with Crippen molar-refractivity contribution in [2.45, 2.75) is 71.0 Å². The van der Waals surface area contributed by atoms with E-state index < -0.39 is 6.10 Å². The van der Waals surface area contributed by atoms with E-state index >= 15 is 0 Å². The summed E-state index contributed by atoms with van der Waals surface area (Å²) in [5.41, 5.74) is 3.70. The van der Waals surface area contributed by atoms with Gasteiger partial charge in [0.05, 0.1) is 12.2 Å². The maximum absolute atomic E-state index is 11.4. The third kappa shape index (κ3) is 3.13. The molecule has 3 fully saturated rings. The van der Waals surface area contributed by atoms with Crippen LogP contribution in [0.3, 0.4) is 0 Å². The molecule has 7 atom stereocenters. The number of hydrogen-bond donors (Lipinski definition) is 2. The SMILES string of the molecule is CC12CCC(O)CC1=CCC1C2CCC2(C)C(O)/C(=C/c3ccc(Cl)cc3Cl)CC12. The number of benzene rings is 1. The lowest BCUT2D eigenvalue weighted by Crippen LogP contribution is -2.51. The van der Waals surface area contributed by atoms with Gasteiger partial charge in [0.15, 0.2) is 0 Å². The Morgan fingerprint density at radius 2 is 1.83 bits per heavy atom. The highest BCUT2D eigenvalue weighted by atomic mass is 35.5. The fourth-order valence-electron chi connectivity index (χ4n) is 7.46. The molecule has 0 heterocycles. The minimum atomic E-state index is -0.415. The molecule has 0 bridgehead atoms. The average molecular weight is 447 g/mol. The van der Waals surface area contributed by atoms with E-state index in [2.05, 4.69) is 26.0 Å². The normalized spacial score (nSPS) is 44.3. The van der Waals surface area contributed by atoms with Crippen molar-refractivity contribution >= 4 is 29.3 Å². The van der Waals surface area contributed by atoms with Crippen LogP contribution in [0.2, 0.25) is 10.0 Å². The van der Waals surface area contributed by atoms with E-state index in [4.69, 9.17) is 23.2 Å². The lowest BCUT2D eigenvalue weighted by Gasteiger charge is -2.57. The van der Waals surface area contributed by atoms with Crippen molar-refractivity contribution in [2.24, 2.45) is 28.6 Å². The minimum absolute atomic E-state index is 0.0677. The third-order valence-electron chi connectivity index (χ3n) is 9.25. The fraction of sp³-hybridized carbons (Fsp3) is 0.615. The second-order valence-electron chi connectivity index (χ2n) is 10.7. The molecule has 0 aromatic heterocycles. The van der Waals surface area contributed by atoms with E-state index in [1.807, 2.05) is 12.1 Å². The molecule has 30 heavy (non-hydrogen) atoms. The van der Waals surface area contributed by atoms with Crippen molar-refractivity contribution in [1.82, 2.24) is 0 Å². The first-order valence-corrected chi connectivity index (χ1v) is 12.2. The Bertz CT molecular complexity index is 922. The summed E-state index contributed by atoms with van der Waals surface area (Å²) in [4.78, 5) is 0. The van der Waals surface area contributed by atoms with Crippen molar-refractivity contribution in [3.8, 4) is 0 Å². The second kappa shape index (κ2) is 7.37. The van der Waals surface area contributed by atoms with Crippen LogP contribution in [0.15, 0.2) is 35.4 Å². The Labute approximate surface area is 190 Å². The van der Waals surface area contributed by atoms with Gasteiger partial charge in [-0.2, -0.15) is 0 Å². The van der Waals surface area contributed by atoms with E-state index in [0.717, 1.165) is 49.7 Å². The third-order valence-corrected chi connectivity index (χ3v) is 9.81. The first kappa shape index (κ1) is 21.1. The lowest BCUT2D eigenvalue weighted by atomic mass is 9.48. The number of hydrogen-bond acceptors (Lipinski definition) is 2. The highest BCUT2D eigenvalue weighted by Crippen LogP contribution is 2.65.